The standard InChI is InChI=1S/C47H45N5O4/c1-33-40(31-55-29-34-16-8-4-9-17-34)42(56-30-35-18-10-5-11-19-35)28-41(33)52-32-48-43-44(52)49-46(50-45(43)54-3)51-47(36-20-12-6-13-21-36,37-22-14-7-15-23-37)38-24-26-39(53-2)27-25-38/h4-27,32,40-42H,1,28-31H2,2-3H3,(H,49,50,51)/t40-,41-,42-/m0/s1/i43+1,44+1,45+1,46+1. The predicted octanol–water partition coefficient (Wildman–Crippen LogP) is 9.17. The number of anilines is 1. The average molecular weight is 748 g/mol. The van der Waals surface area contributed by atoms with Crippen molar-refractivity contribution in [1.82, 2.24) is 19.5 Å². The zero-order chi connectivity index (χ0) is 38.3. The van der Waals surface area contributed by atoms with Gasteiger partial charge in [0, 0.05) is 5.92 Å². The van der Waals surface area contributed by atoms with Crippen molar-refractivity contribution < 1.29 is 18.9 Å². The summed E-state index contributed by atoms with van der Waals surface area (Å²) in [4.78, 5) is 15.0. The molecule has 0 saturated heterocycles. The third kappa shape index (κ3) is 7.39. The first kappa shape index (κ1) is 36.7. The number of nitrogens with zero attached hydrogens (tertiary/aromatic N) is 4. The van der Waals surface area contributed by atoms with Crippen LogP contribution in [0.25, 0.3) is 11.2 Å². The first-order valence-electron chi connectivity index (χ1n) is 18.9. The van der Waals surface area contributed by atoms with E-state index in [9.17, 15) is 0 Å². The van der Waals surface area contributed by atoms with Gasteiger partial charge in [-0.2, -0.15) is 9.97 Å². The Morgan fingerprint density at radius 2 is 1.27 bits per heavy atom. The zero-order valence-electron chi connectivity index (χ0n) is 31.6. The maximum Gasteiger partial charge on any atom is 0.246 e. The molecule has 9 heteroatoms. The van der Waals surface area contributed by atoms with Crippen LogP contribution >= 0.6 is 0 Å². The number of fused-ring (bicyclic) bond motifs is 1. The maximum atomic E-state index is 6.66. The van der Waals surface area contributed by atoms with Crippen LogP contribution in [0.4, 0.5) is 5.95 Å². The molecule has 0 radical (unpaired) electrons. The Morgan fingerprint density at radius 3 is 1.86 bits per heavy atom. The summed E-state index contributed by atoms with van der Waals surface area (Å²) in [5.74, 6) is 1.45. The molecule has 8 rings (SSSR count). The molecule has 0 unspecified atom stereocenters. The molecule has 0 bridgehead atoms. The Hall–Kier alpha value is -6.29. The molecule has 1 aliphatic carbocycles. The van der Waals surface area contributed by atoms with Crippen LogP contribution < -0.4 is 14.8 Å². The van der Waals surface area contributed by atoms with Crippen LogP contribution in [0.3, 0.4) is 0 Å². The van der Waals surface area contributed by atoms with E-state index in [0.717, 1.165) is 39.1 Å². The minimum Gasteiger partial charge on any atom is -0.497 e. The number of methoxy groups -OCH3 is 2. The lowest BCUT2D eigenvalue weighted by atomic mass is 9.77. The molecule has 1 N–H and O–H groups in total. The van der Waals surface area contributed by atoms with Gasteiger partial charge in [0.2, 0.25) is 11.8 Å². The first-order chi connectivity index (χ1) is 27.6. The molecular weight excluding hydrogens is 703 g/mol. The van der Waals surface area contributed by atoms with E-state index >= 15 is 0 Å². The second-order valence-electron chi connectivity index (χ2n) is 14.0. The number of ether oxygens (including phenoxy) is 4. The number of rotatable bonds is 15. The van der Waals surface area contributed by atoms with Gasteiger partial charge in [-0.1, -0.05) is 140 Å². The minimum atomic E-state index is -0.896. The highest BCUT2D eigenvalue weighted by molar-refractivity contribution is 5.78. The molecule has 2 aromatic heterocycles. The van der Waals surface area contributed by atoms with Crippen molar-refractivity contribution in [3.8, 4) is 11.6 Å². The van der Waals surface area contributed by atoms with Crippen LogP contribution in [-0.4, -0.2) is 46.4 Å². The minimum absolute atomic E-state index is 0.0508. The normalized spacial score (nSPS) is 16.9. The number of benzene rings is 5. The molecule has 3 atom stereocenters. The van der Waals surface area contributed by atoms with Crippen LogP contribution in [0.15, 0.2) is 164 Å². The van der Waals surface area contributed by atoms with Crippen molar-refractivity contribution in [2.24, 2.45) is 5.92 Å². The van der Waals surface area contributed by atoms with Crippen LogP contribution in [0.1, 0.15) is 40.3 Å². The van der Waals surface area contributed by atoms with Crippen LogP contribution in [-0.2, 0) is 28.2 Å². The quantitative estimate of drug-likeness (QED) is 0.0821. The third-order valence-corrected chi connectivity index (χ3v) is 10.7. The molecule has 2 heterocycles. The summed E-state index contributed by atoms with van der Waals surface area (Å²) >= 11 is 0. The third-order valence-electron chi connectivity index (χ3n) is 10.7. The Kier molecular flexibility index (Phi) is 10.9. The molecule has 1 saturated carbocycles. The van der Waals surface area contributed by atoms with Crippen molar-refractivity contribution in [2.75, 3.05) is 26.1 Å². The van der Waals surface area contributed by atoms with Crippen molar-refractivity contribution in [2.45, 2.75) is 37.3 Å². The summed E-state index contributed by atoms with van der Waals surface area (Å²) in [6.45, 7) is 6.13. The van der Waals surface area contributed by atoms with Gasteiger partial charge in [-0.15, -0.1) is 0 Å². The second-order valence-corrected chi connectivity index (χ2v) is 14.0. The molecule has 5 aromatic carbocycles. The summed E-state index contributed by atoms with van der Waals surface area (Å²) in [5, 5.41) is 3.81. The van der Waals surface area contributed by atoms with Gasteiger partial charge in [0.1, 0.15) is 11.3 Å². The van der Waals surface area contributed by atoms with Crippen LogP contribution in [0.2, 0.25) is 0 Å². The van der Waals surface area contributed by atoms with E-state index in [2.05, 4.69) is 77.1 Å². The van der Waals surface area contributed by atoms with E-state index in [1.54, 1.807) is 14.2 Å². The SMILES string of the molecule is C=C1[C@H](COCc2ccccc2)[C@@H](OCc2ccccc2)C[C@@H]1n1cn[13c]2[13c](OC)n[13c](NC(c3ccccc3)(c3ccccc3)c3ccc(OC)cc3)n[13c]21. The molecule has 1 fully saturated rings. The van der Waals surface area contributed by atoms with E-state index in [1.807, 2.05) is 91.3 Å². The van der Waals surface area contributed by atoms with Gasteiger partial charge >= 0.3 is 0 Å². The summed E-state index contributed by atoms with van der Waals surface area (Å²) in [5.41, 5.74) is 6.53. The number of imidazole rings is 1. The van der Waals surface area contributed by atoms with Gasteiger partial charge in [0.05, 0.1) is 52.5 Å². The summed E-state index contributed by atoms with van der Waals surface area (Å²) < 4.78 is 26.5. The fourth-order valence-electron chi connectivity index (χ4n) is 7.79. The Labute approximate surface area is 327 Å². The smallest absolute Gasteiger partial charge is 0.246 e. The lowest BCUT2D eigenvalue weighted by Gasteiger charge is -2.37. The highest BCUT2D eigenvalue weighted by atomic mass is 16.6. The molecule has 0 aliphatic heterocycles. The van der Waals surface area contributed by atoms with Gasteiger partial charge in [0.25, 0.3) is 0 Å². The number of hydrogen-bond donors (Lipinski definition) is 1. The van der Waals surface area contributed by atoms with E-state index in [-0.39, 0.29) is 18.1 Å². The molecule has 9 nitrogen and oxygen atoms in total. The van der Waals surface area contributed by atoms with E-state index in [1.165, 1.54) is 0 Å². The van der Waals surface area contributed by atoms with Crippen molar-refractivity contribution in [1.29, 1.82) is 0 Å². The Morgan fingerprint density at radius 1 is 0.696 bits per heavy atom. The number of aromatic nitrogens is 4. The summed E-state index contributed by atoms with van der Waals surface area (Å²) in [7, 11) is 3.28. The van der Waals surface area contributed by atoms with E-state index in [4.69, 9.17) is 33.9 Å². The topological polar surface area (TPSA) is 92.6 Å². The predicted molar refractivity (Wildman–Crippen MR) is 219 cm³/mol. The monoisotopic (exact) mass is 747 g/mol. The first-order valence-corrected chi connectivity index (χ1v) is 18.9. The highest BCUT2D eigenvalue weighted by Crippen LogP contribution is 2.44. The molecule has 0 amide bonds. The summed E-state index contributed by atoms with van der Waals surface area (Å²) in [6, 6.07) is 49.0. The Bertz CT molecular complexity index is 2310. The van der Waals surface area contributed by atoms with Gasteiger partial charge in [-0.3, -0.25) is 0 Å². The summed E-state index contributed by atoms with van der Waals surface area (Å²) in [6.07, 6.45) is 2.35. The fourth-order valence-corrected chi connectivity index (χ4v) is 7.79. The average Bonchev–Trinajstić information content (AvgIpc) is 3.82. The van der Waals surface area contributed by atoms with E-state index in [0.29, 0.717) is 49.2 Å². The van der Waals surface area contributed by atoms with Gasteiger partial charge < -0.3 is 28.8 Å². The molecule has 56 heavy (non-hydrogen) atoms. The van der Waals surface area contributed by atoms with Crippen LogP contribution in [0, 0.1) is 5.92 Å². The highest BCUT2D eigenvalue weighted by Gasteiger charge is 2.41. The van der Waals surface area contributed by atoms with E-state index < -0.39 is 5.54 Å². The molecule has 0 spiro atoms. The lowest BCUT2D eigenvalue weighted by molar-refractivity contribution is -0.0122. The number of hydrogen-bond acceptors (Lipinski definition) is 8. The number of nitrogens with one attached hydrogen (secondary N) is 1. The fraction of sp³-hybridized carbons (Fsp3) is 0.213. The maximum absolute atomic E-state index is 6.66. The van der Waals surface area contributed by atoms with Gasteiger partial charge in [0.15, 0.2) is 11.2 Å². The lowest BCUT2D eigenvalue weighted by Crippen LogP contribution is -2.38. The van der Waals surface area contributed by atoms with Crippen LogP contribution in [0.5, 0.6) is 11.6 Å². The zero-order valence-corrected chi connectivity index (χ0v) is 31.6. The van der Waals surface area contributed by atoms with Crippen molar-refractivity contribution >= 4 is 17.1 Å². The molecule has 282 valence electrons. The van der Waals surface area contributed by atoms with Gasteiger partial charge in [-0.25, -0.2) is 4.98 Å². The largest absolute Gasteiger partial charge is 0.497 e. The Balaban J connectivity index is 1.18. The molecule has 1 aliphatic rings. The molecule has 7 aromatic rings. The second kappa shape index (κ2) is 16.6. The van der Waals surface area contributed by atoms with Crippen molar-refractivity contribution in [3.63, 3.8) is 0 Å². The molecular formula is C47H45N5O4. The van der Waals surface area contributed by atoms with Crippen molar-refractivity contribution in [3.05, 3.63) is 192 Å². The van der Waals surface area contributed by atoms with Gasteiger partial charge in [-0.05, 0) is 51.9 Å².